The van der Waals surface area contributed by atoms with Crippen LogP contribution in [0.1, 0.15) is 29.8 Å². The summed E-state index contributed by atoms with van der Waals surface area (Å²) in [5.41, 5.74) is 12.5. The van der Waals surface area contributed by atoms with E-state index in [-0.39, 0.29) is 0 Å². The smallest absolute Gasteiger partial charge is 0.306 e. The van der Waals surface area contributed by atoms with E-state index in [2.05, 4.69) is 52.0 Å². The molecule has 0 bridgehead atoms. The number of carboxylic acids is 1. The zero-order chi connectivity index (χ0) is 19.5. The molecule has 2 aromatic carbocycles. The fourth-order valence-electron chi connectivity index (χ4n) is 4.05. The minimum Gasteiger partial charge on any atom is -0.481 e. The lowest BCUT2D eigenvalue weighted by Gasteiger charge is -2.21. The minimum atomic E-state index is -0.765. The molecule has 5 heteroatoms. The van der Waals surface area contributed by atoms with Crippen LogP contribution in [0.5, 0.6) is 0 Å². The van der Waals surface area contributed by atoms with Crippen molar-refractivity contribution in [2.75, 3.05) is 6.54 Å². The lowest BCUT2D eigenvalue weighted by molar-refractivity contribution is -0.142. The predicted octanol–water partition coefficient (Wildman–Crippen LogP) is 3.62. The van der Waals surface area contributed by atoms with E-state index in [1.54, 1.807) is 0 Å². The Balaban J connectivity index is 1.62. The number of rotatable bonds is 7. The van der Waals surface area contributed by atoms with Crippen molar-refractivity contribution in [2.45, 2.75) is 32.1 Å². The molecule has 0 radical (unpaired) electrons. The van der Waals surface area contributed by atoms with Crippen LogP contribution < -0.4 is 5.73 Å². The zero-order valence-electron chi connectivity index (χ0n) is 15.8. The fourth-order valence-corrected chi connectivity index (χ4v) is 4.05. The molecule has 28 heavy (non-hydrogen) atoms. The maximum atomic E-state index is 11.6. The highest BCUT2D eigenvalue weighted by atomic mass is 16.4. The lowest BCUT2D eigenvalue weighted by atomic mass is 9.93. The van der Waals surface area contributed by atoms with E-state index in [0.29, 0.717) is 19.4 Å². The van der Waals surface area contributed by atoms with E-state index in [0.717, 1.165) is 36.3 Å². The second-order valence-corrected chi connectivity index (χ2v) is 7.39. The molecule has 0 saturated carbocycles. The van der Waals surface area contributed by atoms with Gasteiger partial charge in [0.1, 0.15) is 0 Å². The van der Waals surface area contributed by atoms with E-state index in [4.69, 9.17) is 5.73 Å². The van der Waals surface area contributed by atoms with Crippen LogP contribution in [-0.4, -0.2) is 27.2 Å². The van der Waals surface area contributed by atoms with Crippen molar-refractivity contribution >= 4 is 5.97 Å². The largest absolute Gasteiger partial charge is 0.481 e. The average Bonchev–Trinajstić information content (AvgIpc) is 3.14. The molecule has 0 unspecified atom stereocenters. The van der Waals surface area contributed by atoms with Crippen molar-refractivity contribution in [2.24, 2.45) is 11.7 Å². The van der Waals surface area contributed by atoms with Gasteiger partial charge in [0, 0.05) is 12.1 Å². The van der Waals surface area contributed by atoms with Crippen molar-refractivity contribution in [3.05, 3.63) is 71.8 Å². The predicted molar refractivity (Wildman–Crippen MR) is 110 cm³/mol. The summed E-state index contributed by atoms with van der Waals surface area (Å²) < 4.78 is 2.13. The van der Waals surface area contributed by atoms with Crippen molar-refractivity contribution < 1.29 is 9.90 Å². The Morgan fingerprint density at radius 2 is 1.96 bits per heavy atom. The Morgan fingerprint density at radius 3 is 2.71 bits per heavy atom. The number of hydrogen-bond acceptors (Lipinski definition) is 3. The Morgan fingerprint density at radius 1 is 1.14 bits per heavy atom. The number of carbonyl (C=O) groups is 1. The minimum absolute atomic E-state index is 0.426. The fraction of sp³-hybridized carbons (Fsp3) is 0.304. The van der Waals surface area contributed by atoms with E-state index < -0.39 is 11.9 Å². The highest BCUT2D eigenvalue weighted by molar-refractivity contribution is 5.70. The number of carboxylic acid groups (broad SMARTS) is 1. The molecule has 0 saturated heterocycles. The first kappa shape index (κ1) is 18.4. The van der Waals surface area contributed by atoms with E-state index in [9.17, 15) is 9.90 Å². The van der Waals surface area contributed by atoms with Gasteiger partial charge in [0.05, 0.1) is 23.6 Å². The third-order valence-electron chi connectivity index (χ3n) is 5.58. The van der Waals surface area contributed by atoms with Crippen molar-refractivity contribution in [3.63, 3.8) is 0 Å². The molecule has 144 valence electrons. The van der Waals surface area contributed by atoms with Crippen LogP contribution >= 0.6 is 0 Å². The van der Waals surface area contributed by atoms with Gasteiger partial charge in [-0.3, -0.25) is 4.79 Å². The molecule has 0 amide bonds. The molecule has 0 spiro atoms. The summed E-state index contributed by atoms with van der Waals surface area (Å²) in [6.07, 6.45) is 5.44. The van der Waals surface area contributed by atoms with Crippen LogP contribution in [-0.2, 0) is 24.1 Å². The van der Waals surface area contributed by atoms with Gasteiger partial charge in [-0.05, 0) is 61.1 Å². The molecule has 2 heterocycles. The number of aryl methyl sites for hydroxylation is 1. The molecular formula is C23H25N3O2. The second-order valence-electron chi connectivity index (χ2n) is 7.39. The molecule has 3 N–H and O–H groups in total. The van der Waals surface area contributed by atoms with Crippen LogP contribution in [0, 0.1) is 5.92 Å². The molecule has 0 aliphatic carbocycles. The summed E-state index contributed by atoms with van der Waals surface area (Å²) in [4.78, 5) is 16.2. The standard InChI is InChI=1S/C23H25N3O2/c24-12-4-7-19(23(27)28)14-20-22-11-9-18-13-17(16-5-2-1-3-6-16)8-10-21(18)26(22)15-25-20/h1-3,5-6,8,10,13,15,19H,4,7,9,11-12,14,24H2,(H,27,28)/t19-/m0/s1. The van der Waals surface area contributed by atoms with E-state index >= 15 is 0 Å². The van der Waals surface area contributed by atoms with Crippen LogP contribution in [0.15, 0.2) is 54.9 Å². The maximum Gasteiger partial charge on any atom is 0.306 e. The number of aliphatic carboxylic acids is 1. The van der Waals surface area contributed by atoms with Gasteiger partial charge in [0.2, 0.25) is 0 Å². The summed E-state index contributed by atoms with van der Waals surface area (Å²) in [6, 6.07) is 16.9. The Hall–Kier alpha value is -2.92. The highest BCUT2D eigenvalue weighted by Gasteiger charge is 2.24. The van der Waals surface area contributed by atoms with Gasteiger partial charge in [-0.15, -0.1) is 0 Å². The summed E-state index contributed by atoms with van der Waals surface area (Å²) in [5, 5.41) is 9.52. The van der Waals surface area contributed by atoms with Crippen LogP contribution in [0.25, 0.3) is 16.8 Å². The molecule has 5 nitrogen and oxygen atoms in total. The topological polar surface area (TPSA) is 81.1 Å². The molecule has 1 atom stereocenters. The zero-order valence-corrected chi connectivity index (χ0v) is 15.8. The van der Waals surface area contributed by atoms with Gasteiger partial charge in [0.25, 0.3) is 0 Å². The quantitative estimate of drug-likeness (QED) is 0.661. The number of imidazole rings is 1. The molecule has 1 aliphatic heterocycles. The second kappa shape index (κ2) is 7.98. The molecule has 3 aromatic rings. The van der Waals surface area contributed by atoms with Gasteiger partial charge in [-0.2, -0.15) is 0 Å². The lowest BCUT2D eigenvalue weighted by Crippen LogP contribution is -2.20. The molecular weight excluding hydrogens is 350 g/mol. The monoisotopic (exact) mass is 375 g/mol. The summed E-state index contributed by atoms with van der Waals surface area (Å²) in [5.74, 6) is -1.19. The van der Waals surface area contributed by atoms with Crippen LogP contribution in [0.3, 0.4) is 0 Å². The number of nitrogens with zero attached hydrogens (tertiary/aromatic N) is 2. The number of benzene rings is 2. The van der Waals surface area contributed by atoms with Gasteiger partial charge >= 0.3 is 5.97 Å². The molecule has 4 rings (SSSR count). The highest BCUT2D eigenvalue weighted by Crippen LogP contribution is 2.31. The molecule has 1 aromatic heterocycles. The van der Waals surface area contributed by atoms with Gasteiger partial charge < -0.3 is 15.4 Å². The Labute approximate surface area is 164 Å². The van der Waals surface area contributed by atoms with Crippen LogP contribution in [0.2, 0.25) is 0 Å². The van der Waals surface area contributed by atoms with Crippen molar-refractivity contribution in [1.29, 1.82) is 0 Å². The average molecular weight is 375 g/mol. The summed E-state index contributed by atoms with van der Waals surface area (Å²) in [7, 11) is 0. The van der Waals surface area contributed by atoms with Crippen LogP contribution in [0.4, 0.5) is 0 Å². The molecule has 0 fully saturated rings. The maximum absolute atomic E-state index is 11.6. The Bertz CT molecular complexity index is 979. The number of hydrogen-bond donors (Lipinski definition) is 2. The van der Waals surface area contributed by atoms with Crippen molar-refractivity contribution in [3.8, 4) is 16.8 Å². The van der Waals surface area contributed by atoms with Gasteiger partial charge in [0.15, 0.2) is 0 Å². The number of fused-ring (bicyclic) bond motifs is 3. The van der Waals surface area contributed by atoms with E-state index in [1.807, 2.05) is 12.4 Å². The third kappa shape index (κ3) is 3.58. The SMILES string of the molecule is NCCC[C@@H](Cc1ncn2c1CCc1cc(-c3ccccc3)ccc1-2)C(=O)O. The Kier molecular flexibility index (Phi) is 5.26. The van der Waals surface area contributed by atoms with Gasteiger partial charge in [-0.25, -0.2) is 4.98 Å². The molecule has 1 aliphatic rings. The first-order valence-electron chi connectivity index (χ1n) is 9.84. The first-order valence-corrected chi connectivity index (χ1v) is 9.84. The number of aromatic nitrogens is 2. The summed E-state index contributed by atoms with van der Waals surface area (Å²) in [6.45, 7) is 0.516. The third-order valence-corrected chi connectivity index (χ3v) is 5.58. The van der Waals surface area contributed by atoms with E-state index in [1.165, 1.54) is 16.7 Å². The normalized spacial score (nSPS) is 13.6. The van der Waals surface area contributed by atoms with Gasteiger partial charge in [-0.1, -0.05) is 36.4 Å². The first-order chi connectivity index (χ1) is 13.7. The number of nitrogens with two attached hydrogens (primary N) is 1. The van der Waals surface area contributed by atoms with Crippen molar-refractivity contribution in [1.82, 2.24) is 9.55 Å². The summed E-state index contributed by atoms with van der Waals surface area (Å²) >= 11 is 0.